The van der Waals surface area contributed by atoms with Crippen LogP contribution in [-0.4, -0.2) is 0 Å². The molecule has 2 N–H and O–H groups in total. The Bertz CT molecular complexity index is 938. The molecule has 4 aromatic rings. The zero-order chi connectivity index (χ0) is 13.0. The molecule has 0 saturated carbocycles. The van der Waals surface area contributed by atoms with Crippen LogP contribution >= 0.6 is 11.3 Å². The fraction of sp³-hybridized carbons (Fsp3) is 0.0625. The van der Waals surface area contributed by atoms with Crippen LogP contribution in [0.25, 0.3) is 30.9 Å². The third-order valence-electron chi connectivity index (χ3n) is 3.57. The first-order chi connectivity index (χ1) is 9.24. The summed E-state index contributed by atoms with van der Waals surface area (Å²) in [4.78, 5) is 0. The topological polar surface area (TPSA) is 29.9 Å². The largest absolute Gasteiger partial charge is 0.398 e. The minimum Gasteiger partial charge on any atom is -0.398 e. The van der Waals surface area contributed by atoms with E-state index in [0.29, 0.717) is 0 Å². The monoisotopic (exact) mass is 265 g/mol. The van der Waals surface area contributed by atoms with Crippen molar-refractivity contribution in [1.82, 2.24) is 0 Å². The number of nitrogen functional groups attached to an aromatic ring is 1. The van der Waals surface area contributed by atoms with Crippen molar-refractivity contribution in [2.75, 3.05) is 5.73 Å². The number of anilines is 1. The molecule has 2 aromatic carbocycles. The lowest BCUT2D eigenvalue weighted by Gasteiger charge is -2.02. The number of thiophene rings is 1. The van der Waals surface area contributed by atoms with E-state index in [-0.39, 0.29) is 0 Å². The van der Waals surface area contributed by atoms with Gasteiger partial charge in [-0.2, -0.15) is 0 Å². The smallest absolute Gasteiger partial charge is 0.177 e. The maximum Gasteiger partial charge on any atom is 0.177 e. The second-order valence-electron chi connectivity index (χ2n) is 4.88. The standard InChI is InChI=1S/C16H12N2S/c1-18-7-6-10-8-13(17)15-11-4-2-3-5-14(11)19-16(15)12(10)9-18/h2-9,17H,1H3/p+1. The van der Waals surface area contributed by atoms with Crippen molar-refractivity contribution >= 4 is 48.0 Å². The van der Waals surface area contributed by atoms with Crippen molar-refractivity contribution in [3.8, 4) is 0 Å². The normalized spacial score (nSPS) is 11.6. The molecule has 0 fully saturated rings. The number of benzene rings is 2. The second kappa shape index (κ2) is 3.68. The maximum absolute atomic E-state index is 6.27. The summed E-state index contributed by atoms with van der Waals surface area (Å²) < 4.78 is 4.66. The van der Waals surface area contributed by atoms with Crippen LogP contribution in [0.4, 0.5) is 5.69 Å². The van der Waals surface area contributed by atoms with E-state index < -0.39 is 0 Å². The number of aromatic nitrogens is 1. The molecule has 0 spiro atoms. The molecule has 0 aliphatic carbocycles. The molecule has 2 heterocycles. The number of nitrogens with two attached hydrogens (primary N) is 1. The van der Waals surface area contributed by atoms with Crippen molar-refractivity contribution in [3.05, 3.63) is 48.8 Å². The maximum atomic E-state index is 6.27. The highest BCUT2D eigenvalue weighted by atomic mass is 32.1. The van der Waals surface area contributed by atoms with Gasteiger partial charge in [-0.25, -0.2) is 4.57 Å². The van der Waals surface area contributed by atoms with Gasteiger partial charge in [0.2, 0.25) is 0 Å². The third-order valence-corrected chi connectivity index (χ3v) is 4.78. The molecule has 0 saturated heterocycles. The summed E-state index contributed by atoms with van der Waals surface area (Å²) in [5, 5.41) is 4.93. The molecular weight excluding hydrogens is 252 g/mol. The molecule has 19 heavy (non-hydrogen) atoms. The lowest BCUT2D eigenvalue weighted by Crippen LogP contribution is -2.25. The van der Waals surface area contributed by atoms with Crippen LogP contribution in [0.15, 0.2) is 48.8 Å². The zero-order valence-corrected chi connectivity index (χ0v) is 11.4. The molecule has 92 valence electrons. The summed E-state index contributed by atoms with van der Waals surface area (Å²) in [6.45, 7) is 0. The number of fused-ring (bicyclic) bond motifs is 5. The van der Waals surface area contributed by atoms with Crippen LogP contribution in [0.1, 0.15) is 0 Å². The average Bonchev–Trinajstić information content (AvgIpc) is 2.80. The van der Waals surface area contributed by atoms with Gasteiger partial charge in [0.15, 0.2) is 12.4 Å². The Hall–Kier alpha value is -2.13. The summed E-state index contributed by atoms with van der Waals surface area (Å²) in [7, 11) is 2.05. The summed E-state index contributed by atoms with van der Waals surface area (Å²) in [6, 6.07) is 12.7. The summed E-state index contributed by atoms with van der Waals surface area (Å²) in [6.07, 6.45) is 4.23. The number of nitrogens with zero attached hydrogens (tertiary/aromatic N) is 1. The Balaban J connectivity index is 2.35. The molecule has 0 radical (unpaired) electrons. The van der Waals surface area contributed by atoms with Gasteiger partial charge in [0, 0.05) is 27.2 Å². The van der Waals surface area contributed by atoms with Crippen LogP contribution in [0, 0.1) is 0 Å². The van der Waals surface area contributed by atoms with E-state index >= 15 is 0 Å². The number of aryl methyl sites for hydroxylation is 1. The van der Waals surface area contributed by atoms with Crippen molar-refractivity contribution in [2.24, 2.45) is 7.05 Å². The molecule has 2 nitrogen and oxygen atoms in total. The van der Waals surface area contributed by atoms with Gasteiger partial charge in [-0.15, -0.1) is 11.3 Å². The van der Waals surface area contributed by atoms with Gasteiger partial charge in [0.05, 0.1) is 10.1 Å². The number of hydrogen-bond donors (Lipinski definition) is 1. The third kappa shape index (κ3) is 1.45. The van der Waals surface area contributed by atoms with Crippen molar-refractivity contribution in [1.29, 1.82) is 0 Å². The lowest BCUT2D eigenvalue weighted by atomic mass is 10.1. The van der Waals surface area contributed by atoms with Crippen molar-refractivity contribution in [2.45, 2.75) is 0 Å². The van der Waals surface area contributed by atoms with E-state index in [0.717, 1.165) is 5.69 Å². The number of hydrogen-bond acceptors (Lipinski definition) is 2. The predicted octanol–water partition coefficient (Wildman–Crippen LogP) is 3.61. The molecule has 0 aliphatic rings. The lowest BCUT2D eigenvalue weighted by molar-refractivity contribution is -0.670. The molecular formula is C16H13N2S+. The highest BCUT2D eigenvalue weighted by Crippen LogP contribution is 2.41. The van der Waals surface area contributed by atoms with E-state index in [1.54, 1.807) is 0 Å². The summed E-state index contributed by atoms with van der Waals surface area (Å²) in [5.74, 6) is 0. The van der Waals surface area contributed by atoms with E-state index in [9.17, 15) is 0 Å². The first-order valence-corrected chi connectivity index (χ1v) is 7.04. The minimum atomic E-state index is 0.869. The Kier molecular flexibility index (Phi) is 2.09. The first kappa shape index (κ1) is 10.8. The van der Waals surface area contributed by atoms with E-state index in [2.05, 4.69) is 60.4 Å². The minimum absolute atomic E-state index is 0.869. The molecule has 0 unspecified atom stereocenters. The second-order valence-corrected chi connectivity index (χ2v) is 5.93. The van der Waals surface area contributed by atoms with Crippen LogP contribution < -0.4 is 10.3 Å². The van der Waals surface area contributed by atoms with Gasteiger partial charge in [0.25, 0.3) is 0 Å². The number of pyridine rings is 1. The molecule has 2 aromatic heterocycles. The quantitative estimate of drug-likeness (QED) is 0.382. The van der Waals surface area contributed by atoms with Crippen LogP contribution in [-0.2, 0) is 7.05 Å². The van der Waals surface area contributed by atoms with Gasteiger partial charge in [-0.05, 0) is 17.5 Å². The molecule has 3 heteroatoms. The van der Waals surface area contributed by atoms with Crippen LogP contribution in [0.5, 0.6) is 0 Å². The van der Waals surface area contributed by atoms with Crippen LogP contribution in [0.3, 0.4) is 0 Å². The molecule has 0 amide bonds. The first-order valence-electron chi connectivity index (χ1n) is 6.23. The van der Waals surface area contributed by atoms with E-state index in [1.807, 2.05) is 11.3 Å². The van der Waals surface area contributed by atoms with E-state index in [4.69, 9.17) is 5.73 Å². The zero-order valence-electron chi connectivity index (χ0n) is 10.6. The average molecular weight is 265 g/mol. The van der Waals surface area contributed by atoms with E-state index in [1.165, 1.54) is 30.9 Å². The van der Waals surface area contributed by atoms with Crippen LogP contribution in [0.2, 0.25) is 0 Å². The Labute approximate surface area is 114 Å². The fourth-order valence-corrected chi connectivity index (χ4v) is 3.94. The Morgan fingerprint density at radius 3 is 2.84 bits per heavy atom. The van der Waals surface area contributed by atoms with Gasteiger partial charge in [-0.1, -0.05) is 18.2 Å². The van der Waals surface area contributed by atoms with Gasteiger partial charge in [-0.3, -0.25) is 0 Å². The van der Waals surface area contributed by atoms with Gasteiger partial charge >= 0.3 is 0 Å². The van der Waals surface area contributed by atoms with Crippen molar-refractivity contribution in [3.63, 3.8) is 0 Å². The SMILES string of the molecule is C[n+]1ccc2cc(N)c3c4ccccc4sc3c2c1. The summed E-state index contributed by atoms with van der Waals surface area (Å²) in [5.41, 5.74) is 7.14. The van der Waals surface area contributed by atoms with Gasteiger partial charge in [0.1, 0.15) is 7.05 Å². The predicted molar refractivity (Wildman–Crippen MR) is 82.4 cm³/mol. The number of rotatable bonds is 0. The summed E-state index contributed by atoms with van der Waals surface area (Å²) >= 11 is 1.82. The van der Waals surface area contributed by atoms with Crippen molar-refractivity contribution < 1.29 is 4.57 Å². The highest BCUT2D eigenvalue weighted by Gasteiger charge is 2.13. The van der Waals surface area contributed by atoms with Gasteiger partial charge < -0.3 is 5.73 Å². The Morgan fingerprint density at radius 2 is 1.95 bits per heavy atom. The molecule has 4 rings (SSSR count). The molecule has 0 atom stereocenters. The highest BCUT2D eigenvalue weighted by molar-refractivity contribution is 7.26. The molecule has 0 bridgehead atoms. The molecule has 0 aliphatic heterocycles. The fourth-order valence-electron chi connectivity index (χ4n) is 2.69. The Morgan fingerprint density at radius 1 is 1.11 bits per heavy atom.